The van der Waals surface area contributed by atoms with E-state index in [-0.39, 0.29) is 12.1 Å². The van der Waals surface area contributed by atoms with Crippen LogP contribution in [0.25, 0.3) is 0 Å². The monoisotopic (exact) mass is 175 g/mol. The number of ether oxygens (including phenoxy) is 1. The van der Waals surface area contributed by atoms with Gasteiger partial charge in [0.1, 0.15) is 0 Å². The standard InChI is InChI=1S/C9H21NO2/c1-5-8(6-2)12-9(11)7(3)10-4/h7-11H,5-6H2,1-4H3/t7-,9?/m0/s1. The highest BCUT2D eigenvalue weighted by atomic mass is 16.6. The zero-order valence-corrected chi connectivity index (χ0v) is 8.50. The van der Waals surface area contributed by atoms with Gasteiger partial charge in [-0.3, -0.25) is 0 Å². The Kier molecular flexibility index (Phi) is 6.34. The smallest absolute Gasteiger partial charge is 0.170 e. The highest BCUT2D eigenvalue weighted by molar-refractivity contribution is 4.62. The lowest BCUT2D eigenvalue weighted by atomic mass is 10.2. The Hall–Kier alpha value is -0.120. The number of hydrogen-bond acceptors (Lipinski definition) is 3. The molecule has 2 N–H and O–H groups in total. The number of aliphatic hydroxyl groups is 1. The van der Waals surface area contributed by atoms with Crippen LogP contribution in [0.3, 0.4) is 0 Å². The first kappa shape index (κ1) is 11.9. The van der Waals surface area contributed by atoms with E-state index >= 15 is 0 Å². The van der Waals surface area contributed by atoms with Crippen molar-refractivity contribution >= 4 is 0 Å². The molecule has 0 aromatic carbocycles. The van der Waals surface area contributed by atoms with Crippen molar-refractivity contribution in [3.05, 3.63) is 0 Å². The van der Waals surface area contributed by atoms with Crippen LogP contribution in [0.4, 0.5) is 0 Å². The second-order valence-corrected chi connectivity index (χ2v) is 3.04. The summed E-state index contributed by atoms with van der Waals surface area (Å²) in [7, 11) is 1.81. The Bertz CT molecular complexity index is 105. The molecule has 0 heterocycles. The van der Waals surface area contributed by atoms with Gasteiger partial charge in [-0.25, -0.2) is 0 Å². The molecule has 0 aliphatic rings. The maximum absolute atomic E-state index is 9.47. The van der Waals surface area contributed by atoms with E-state index in [2.05, 4.69) is 19.2 Å². The van der Waals surface area contributed by atoms with Crippen molar-refractivity contribution in [1.82, 2.24) is 5.32 Å². The first-order valence-corrected chi connectivity index (χ1v) is 4.66. The number of rotatable bonds is 6. The van der Waals surface area contributed by atoms with Crippen LogP contribution in [0, 0.1) is 0 Å². The van der Waals surface area contributed by atoms with Gasteiger partial charge in [0.2, 0.25) is 0 Å². The molecule has 0 saturated carbocycles. The van der Waals surface area contributed by atoms with Crippen LogP contribution in [0.15, 0.2) is 0 Å². The molecule has 0 aromatic heterocycles. The summed E-state index contributed by atoms with van der Waals surface area (Å²) >= 11 is 0. The summed E-state index contributed by atoms with van der Waals surface area (Å²) in [6, 6.07) is -0.00870. The van der Waals surface area contributed by atoms with Crippen LogP contribution in [0.1, 0.15) is 33.6 Å². The molecule has 74 valence electrons. The number of aliphatic hydroxyl groups excluding tert-OH is 1. The van der Waals surface area contributed by atoms with Crippen molar-refractivity contribution in [3.8, 4) is 0 Å². The van der Waals surface area contributed by atoms with E-state index in [4.69, 9.17) is 4.74 Å². The maximum Gasteiger partial charge on any atom is 0.170 e. The van der Waals surface area contributed by atoms with Gasteiger partial charge in [-0.1, -0.05) is 13.8 Å². The van der Waals surface area contributed by atoms with Gasteiger partial charge < -0.3 is 15.2 Å². The van der Waals surface area contributed by atoms with Crippen molar-refractivity contribution in [2.75, 3.05) is 7.05 Å². The number of likely N-dealkylation sites (N-methyl/N-ethyl adjacent to an activating group) is 1. The fourth-order valence-electron chi connectivity index (χ4n) is 0.939. The third kappa shape index (κ3) is 4.04. The number of hydrogen-bond donors (Lipinski definition) is 2. The molecule has 0 rings (SSSR count). The van der Waals surface area contributed by atoms with E-state index in [9.17, 15) is 5.11 Å². The predicted octanol–water partition coefficient (Wildman–Crippen LogP) is 1.12. The zero-order chi connectivity index (χ0) is 9.56. The topological polar surface area (TPSA) is 41.5 Å². The summed E-state index contributed by atoms with van der Waals surface area (Å²) in [6.45, 7) is 6.02. The molecule has 0 aliphatic carbocycles. The lowest BCUT2D eigenvalue weighted by Gasteiger charge is -2.23. The van der Waals surface area contributed by atoms with E-state index in [0.29, 0.717) is 0 Å². The summed E-state index contributed by atoms with van der Waals surface area (Å²) in [5.41, 5.74) is 0. The summed E-state index contributed by atoms with van der Waals surface area (Å²) < 4.78 is 5.39. The molecular weight excluding hydrogens is 154 g/mol. The molecule has 3 heteroatoms. The Morgan fingerprint density at radius 2 is 1.83 bits per heavy atom. The maximum atomic E-state index is 9.47. The van der Waals surface area contributed by atoms with Gasteiger partial charge in [0.25, 0.3) is 0 Å². The summed E-state index contributed by atoms with van der Waals surface area (Å²) in [4.78, 5) is 0. The average molecular weight is 175 g/mol. The van der Waals surface area contributed by atoms with E-state index in [1.165, 1.54) is 0 Å². The Morgan fingerprint density at radius 3 is 2.17 bits per heavy atom. The molecule has 0 radical (unpaired) electrons. The molecule has 3 nitrogen and oxygen atoms in total. The predicted molar refractivity (Wildman–Crippen MR) is 50.0 cm³/mol. The molecule has 0 fully saturated rings. The largest absolute Gasteiger partial charge is 0.367 e. The average Bonchev–Trinajstić information content (AvgIpc) is 2.12. The van der Waals surface area contributed by atoms with Gasteiger partial charge in [-0.05, 0) is 26.8 Å². The van der Waals surface area contributed by atoms with E-state index in [1.807, 2.05) is 14.0 Å². The molecule has 0 amide bonds. The van der Waals surface area contributed by atoms with Crippen molar-refractivity contribution in [1.29, 1.82) is 0 Å². The molecule has 0 aromatic rings. The van der Waals surface area contributed by atoms with E-state index < -0.39 is 6.29 Å². The second-order valence-electron chi connectivity index (χ2n) is 3.04. The lowest BCUT2D eigenvalue weighted by Crippen LogP contribution is -2.38. The molecule has 1 unspecified atom stereocenters. The quantitative estimate of drug-likeness (QED) is 0.594. The van der Waals surface area contributed by atoms with Crippen LogP contribution < -0.4 is 5.32 Å². The number of nitrogens with one attached hydrogen (secondary N) is 1. The molecule has 0 bridgehead atoms. The van der Waals surface area contributed by atoms with Crippen molar-refractivity contribution in [2.45, 2.75) is 52.0 Å². The van der Waals surface area contributed by atoms with Gasteiger partial charge in [0.05, 0.1) is 12.1 Å². The first-order chi connectivity index (χ1) is 5.65. The highest BCUT2D eigenvalue weighted by Crippen LogP contribution is 2.07. The zero-order valence-electron chi connectivity index (χ0n) is 8.50. The minimum atomic E-state index is -0.695. The lowest BCUT2D eigenvalue weighted by molar-refractivity contribution is -0.150. The van der Waals surface area contributed by atoms with Gasteiger partial charge in [-0.2, -0.15) is 0 Å². The van der Waals surface area contributed by atoms with Crippen LogP contribution >= 0.6 is 0 Å². The molecule has 0 spiro atoms. The molecular formula is C9H21NO2. The van der Waals surface area contributed by atoms with Crippen molar-refractivity contribution < 1.29 is 9.84 Å². The Balaban J connectivity index is 3.72. The first-order valence-electron chi connectivity index (χ1n) is 4.66. The fourth-order valence-corrected chi connectivity index (χ4v) is 0.939. The van der Waals surface area contributed by atoms with Gasteiger partial charge in [0, 0.05) is 0 Å². The SMILES string of the molecule is CCC(CC)OC(O)[C@H](C)NC. The normalized spacial score (nSPS) is 16.5. The van der Waals surface area contributed by atoms with Crippen LogP contribution in [0.5, 0.6) is 0 Å². The van der Waals surface area contributed by atoms with Gasteiger partial charge in [-0.15, -0.1) is 0 Å². The van der Waals surface area contributed by atoms with Crippen LogP contribution in [-0.2, 0) is 4.74 Å². The second kappa shape index (κ2) is 6.40. The fraction of sp³-hybridized carbons (Fsp3) is 1.00. The minimum Gasteiger partial charge on any atom is -0.367 e. The molecule has 0 aliphatic heterocycles. The minimum absolute atomic E-state index is 0.00870. The Labute approximate surface area is 75.1 Å². The molecule has 0 saturated heterocycles. The highest BCUT2D eigenvalue weighted by Gasteiger charge is 2.16. The van der Waals surface area contributed by atoms with Gasteiger partial charge in [0.15, 0.2) is 6.29 Å². The summed E-state index contributed by atoms with van der Waals surface area (Å²) in [6.07, 6.45) is 1.38. The van der Waals surface area contributed by atoms with Gasteiger partial charge >= 0.3 is 0 Å². The third-order valence-electron chi connectivity index (χ3n) is 2.13. The van der Waals surface area contributed by atoms with Crippen LogP contribution in [-0.4, -0.2) is 30.6 Å². The third-order valence-corrected chi connectivity index (χ3v) is 2.13. The van der Waals surface area contributed by atoms with Crippen LogP contribution in [0.2, 0.25) is 0 Å². The molecule has 12 heavy (non-hydrogen) atoms. The van der Waals surface area contributed by atoms with Crippen molar-refractivity contribution in [2.24, 2.45) is 0 Å². The molecule has 2 atom stereocenters. The van der Waals surface area contributed by atoms with Crippen molar-refractivity contribution in [3.63, 3.8) is 0 Å². The Morgan fingerprint density at radius 1 is 1.33 bits per heavy atom. The van der Waals surface area contributed by atoms with E-state index in [0.717, 1.165) is 12.8 Å². The summed E-state index contributed by atoms with van der Waals surface area (Å²) in [5.74, 6) is 0. The van der Waals surface area contributed by atoms with E-state index in [1.54, 1.807) is 0 Å². The summed E-state index contributed by atoms with van der Waals surface area (Å²) in [5, 5.41) is 12.4.